The van der Waals surface area contributed by atoms with Crippen LogP contribution in [0.3, 0.4) is 0 Å². The van der Waals surface area contributed by atoms with E-state index in [4.69, 9.17) is 4.74 Å². The molecule has 2 nitrogen and oxygen atoms in total. The lowest BCUT2D eigenvalue weighted by Gasteiger charge is -2.25. The van der Waals surface area contributed by atoms with Crippen molar-refractivity contribution in [3.63, 3.8) is 0 Å². The summed E-state index contributed by atoms with van der Waals surface area (Å²) in [6.07, 6.45) is -4.32. The monoisotopic (exact) mass is 247 g/mol. The summed E-state index contributed by atoms with van der Waals surface area (Å²) in [6.45, 7) is 1.89. The van der Waals surface area contributed by atoms with E-state index in [0.29, 0.717) is 0 Å². The van der Waals surface area contributed by atoms with Crippen molar-refractivity contribution in [2.45, 2.75) is 25.2 Å². The number of ether oxygens (including phenoxy) is 1. The Morgan fingerprint density at radius 1 is 1.24 bits per heavy atom. The molecule has 0 saturated carbocycles. The molecule has 0 aliphatic rings. The lowest BCUT2D eigenvalue weighted by molar-refractivity contribution is -0.160. The fraction of sp³-hybridized carbons (Fsp3) is 0.500. The van der Waals surface area contributed by atoms with Crippen LogP contribution < -0.4 is 5.32 Å². The number of benzene rings is 1. The Hall–Kier alpha value is -1.07. The van der Waals surface area contributed by atoms with Gasteiger partial charge in [-0.25, -0.2) is 0 Å². The van der Waals surface area contributed by atoms with E-state index in [-0.39, 0.29) is 18.2 Å². The van der Waals surface area contributed by atoms with Gasteiger partial charge in [0, 0.05) is 13.2 Å². The number of nitrogens with one attached hydrogen (secondary N) is 1. The molecule has 1 rings (SSSR count). The Morgan fingerprint density at radius 3 is 2.29 bits per heavy atom. The first kappa shape index (κ1) is 14.0. The fourth-order valence-electron chi connectivity index (χ4n) is 1.61. The van der Waals surface area contributed by atoms with Crippen molar-refractivity contribution < 1.29 is 17.9 Å². The Kier molecular flexibility index (Phi) is 4.96. The van der Waals surface area contributed by atoms with Crippen molar-refractivity contribution in [2.24, 2.45) is 0 Å². The topological polar surface area (TPSA) is 21.3 Å². The van der Waals surface area contributed by atoms with Crippen molar-refractivity contribution in [2.75, 3.05) is 13.7 Å². The van der Waals surface area contributed by atoms with Gasteiger partial charge in [-0.05, 0) is 12.5 Å². The number of rotatable bonds is 5. The summed E-state index contributed by atoms with van der Waals surface area (Å²) in [5.74, 6) is 0. The molecule has 5 heteroatoms. The summed E-state index contributed by atoms with van der Waals surface area (Å²) in [7, 11) is 1.46. The molecule has 1 aromatic rings. The molecule has 0 heterocycles. The molecule has 0 bridgehead atoms. The Labute approximate surface area is 98.8 Å². The normalized spacial score (nSPS) is 15.6. The highest BCUT2D eigenvalue weighted by molar-refractivity contribution is 5.20. The molecular weight excluding hydrogens is 231 g/mol. The van der Waals surface area contributed by atoms with E-state index in [2.05, 4.69) is 5.32 Å². The quantitative estimate of drug-likeness (QED) is 0.863. The highest BCUT2D eigenvalue weighted by atomic mass is 19.4. The number of hydrogen-bond acceptors (Lipinski definition) is 2. The first-order valence-electron chi connectivity index (χ1n) is 5.31. The first-order valence-corrected chi connectivity index (χ1v) is 5.31. The van der Waals surface area contributed by atoms with Crippen molar-refractivity contribution in [3.05, 3.63) is 35.9 Å². The van der Waals surface area contributed by atoms with Gasteiger partial charge in [-0.3, -0.25) is 5.32 Å². The van der Waals surface area contributed by atoms with Gasteiger partial charge in [0.1, 0.15) is 6.04 Å². The van der Waals surface area contributed by atoms with Gasteiger partial charge in [0.2, 0.25) is 0 Å². The molecular formula is C12H16F3NO. The van der Waals surface area contributed by atoms with Gasteiger partial charge in [0.05, 0.1) is 6.61 Å². The molecule has 1 aromatic carbocycles. The lowest BCUT2D eigenvalue weighted by Crippen LogP contribution is -2.41. The van der Waals surface area contributed by atoms with E-state index in [9.17, 15) is 13.2 Å². The van der Waals surface area contributed by atoms with Crippen molar-refractivity contribution in [1.29, 1.82) is 0 Å². The molecule has 96 valence electrons. The maximum absolute atomic E-state index is 12.9. The third kappa shape index (κ3) is 4.36. The molecule has 0 spiro atoms. The van der Waals surface area contributed by atoms with Gasteiger partial charge < -0.3 is 4.74 Å². The average molecular weight is 247 g/mol. The number of halogens is 3. The number of methoxy groups -OCH3 is 1. The predicted octanol–water partition coefficient (Wildman–Crippen LogP) is 2.91. The SMILES string of the molecule is COCC(C)NC(c1ccccc1)C(F)(F)F. The zero-order valence-electron chi connectivity index (χ0n) is 9.79. The number of alkyl halides is 3. The van der Waals surface area contributed by atoms with Gasteiger partial charge in [-0.15, -0.1) is 0 Å². The molecule has 0 saturated heterocycles. The minimum absolute atomic E-state index is 0.211. The second kappa shape index (κ2) is 6.02. The summed E-state index contributed by atoms with van der Waals surface area (Å²) in [6, 6.07) is 5.78. The van der Waals surface area contributed by atoms with Crippen LogP contribution >= 0.6 is 0 Å². The summed E-state index contributed by atoms with van der Waals surface area (Å²) in [4.78, 5) is 0. The Bertz CT molecular complexity index is 326. The lowest BCUT2D eigenvalue weighted by atomic mass is 10.1. The standard InChI is InChI=1S/C12H16F3NO/c1-9(8-17-2)16-11(12(13,14)15)10-6-4-3-5-7-10/h3-7,9,11,16H,8H2,1-2H3. The van der Waals surface area contributed by atoms with E-state index in [1.54, 1.807) is 25.1 Å². The van der Waals surface area contributed by atoms with Crippen molar-refractivity contribution in [3.8, 4) is 0 Å². The Morgan fingerprint density at radius 2 is 1.82 bits per heavy atom. The highest BCUT2D eigenvalue weighted by Crippen LogP contribution is 2.32. The van der Waals surface area contributed by atoms with Gasteiger partial charge in [-0.1, -0.05) is 30.3 Å². The average Bonchev–Trinajstić information content (AvgIpc) is 2.26. The highest BCUT2D eigenvalue weighted by Gasteiger charge is 2.41. The van der Waals surface area contributed by atoms with Crippen LogP contribution in [0, 0.1) is 0 Å². The molecule has 0 radical (unpaired) electrons. The van der Waals surface area contributed by atoms with Crippen molar-refractivity contribution >= 4 is 0 Å². The summed E-state index contributed by atoms with van der Waals surface area (Å²) in [5, 5.41) is 2.52. The van der Waals surface area contributed by atoms with Crippen LogP contribution in [0.4, 0.5) is 13.2 Å². The van der Waals surface area contributed by atoms with Gasteiger partial charge >= 0.3 is 6.18 Å². The molecule has 2 atom stereocenters. The third-order valence-electron chi connectivity index (χ3n) is 2.33. The van der Waals surface area contributed by atoms with Crippen LogP contribution in [0.1, 0.15) is 18.5 Å². The van der Waals surface area contributed by atoms with E-state index >= 15 is 0 Å². The van der Waals surface area contributed by atoms with Crippen LogP contribution in [0.2, 0.25) is 0 Å². The molecule has 0 fully saturated rings. The van der Waals surface area contributed by atoms with E-state index in [1.807, 2.05) is 0 Å². The molecule has 0 aliphatic heterocycles. The molecule has 1 N–H and O–H groups in total. The second-order valence-electron chi connectivity index (χ2n) is 3.91. The predicted molar refractivity (Wildman–Crippen MR) is 59.7 cm³/mol. The molecule has 2 unspecified atom stereocenters. The van der Waals surface area contributed by atoms with Crippen LogP contribution in [0.25, 0.3) is 0 Å². The minimum atomic E-state index is -4.32. The van der Waals surface area contributed by atoms with E-state index in [1.165, 1.54) is 19.2 Å². The van der Waals surface area contributed by atoms with Gasteiger partial charge in [-0.2, -0.15) is 13.2 Å². The van der Waals surface area contributed by atoms with Crippen LogP contribution in [0.15, 0.2) is 30.3 Å². The molecule has 17 heavy (non-hydrogen) atoms. The second-order valence-corrected chi connectivity index (χ2v) is 3.91. The maximum atomic E-state index is 12.9. The van der Waals surface area contributed by atoms with Gasteiger partial charge in [0.15, 0.2) is 0 Å². The van der Waals surface area contributed by atoms with E-state index < -0.39 is 12.2 Å². The zero-order chi connectivity index (χ0) is 12.9. The van der Waals surface area contributed by atoms with Crippen molar-refractivity contribution in [1.82, 2.24) is 5.32 Å². The van der Waals surface area contributed by atoms with Crippen LogP contribution in [-0.4, -0.2) is 25.9 Å². The van der Waals surface area contributed by atoms with Crippen LogP contribution in [-0.2, 0) is 4.74 Å². The largest absolute Gasteiger partial charge is 0.407 e. The smallest absolute Gasteiger partial charge is 0.383 e. The summed E-state index contributed by atoms with van der Waals surface area (Å²) in [5.41, 5.74) is 0.211. The molecule has 0 aromatic heterocycles. The van der Waals surface area contributed by atoms with Crippen LogP contribution in [0.5, 0.6) is 0 Å². The van der Waals surface area contributed by atoms with E-state index in [0.717, 1.165) is 0 Å². The minimum Gasteiger partial charge on any atom is -0.383 e. The van der Waals surface area contributed by atoms with Gasteiger partial charge in [0.25, 0.3) is 0 Å². The maximum Gasteiger partial charge on any atom is 0.407 e. The summed E-state index contributed by atoms with van der Waals surface area (Å²) >= 11 is 0. The first-order chi connectivity index (χ1) is 7.95. The zero-order valence-corrected chi connectivity index (χ0v) is 9.79. The number of hydrogen-bond donors (Lipinski definition) is 1. The fourth-order valence-corrected chi connectivity index (χ4v) is 1.61. The molecule has 0 amide bonds. The molecule has 0 aliphatic carbocycles. The third-order valence-corrected chi connectivity index (χ3v) is 2.33. The Balaban J connectivity index is 2.83. The summed E-state index contributed by atoms with van der Waals surface area (Å²) < 4.78 is 43.5.